The molecule has 3 aromatic rings. The number of amides is 2. The van der Waals surface area contributed by atoms with Gasteiger partial charge in [-0.05, 0) is 57.4 Å². The van der Waals surface area contributed by atoms with Crippen molar-refractivity contribution in [3.8, 4) is 23.0 Å². The topological polar surface area (TPSA) is 121 Å². The molecular weight excluding hydrogens is 518 g/mol. The van der Waals surface area contributed by atoms with Crippen molar-refractivity contribution < 1.29 is 28.5 Å². The van der Waals surface area contributed by atoms with E-state index < -0.39 is 11.8 Å². The van der Waals surface area contributed by atoms with Gasteiger partial charge in [0, 0.05) is 5.56 Å². The minimum atomic E-state index is -0.611. The second-order valence-corrected chi connectivity index (χ2v) is 7.98. The fourth-order valence-electron chi connectivity index (χ4n) is 2.99. The molecular formula is C25H24BrN3O6. The van der Waals surface area contributed by atoms with Crippen LogP contribution in [0.25, 0.3) is 0 Å². The van der Waals surface area contributed by atoms with E-state index in [0.717, 1.165) is 5.56 Å². The Balaban J connectivity index is 1.65. The van der Waals surface area contributed by atoms with E-state index in [-0.39, 0.29) is 6.61 Å². The van der Waals surface area contributed by atoms with Gasteiger partial charge in [-0.1, -0.05) is 30.3 Å². The molecule has 0 aliphatic rings. The molecule has 0 radical (unpaired) electrons. The van der Waals surface area contributed by atoms with Crippen molar-refractivity contribution in [1.29, 1.82) is 0 Å². The smallest absolute Gasteiger partial charge is 0.271 e. The maximum atomic E-state index is 12.6. The van der Waals surface area contributed by atoms with Crippen LogP contribution in [0.3, 0.4) is 0 Å². The van der Waals surface area contributed by atoms with Crippen LogP contribution in [0.2, 0.25) is 0 Å². The lowest BCUT2D eigenvalue weighted by molar-refractivity contribution is -0.119. The fraction of sp³-hybridized carbons (Fsp3) is 0.160. The maximum absolute atomic E-state index is 12.6. The molecule has 0 fully saturated rings. The molecule has 0 saturated heterocycles. The lowest BCUT2D eigenvalue weighted by Gasteiger charge is -2.12. The van der Waals surface area contributed by atoms with Crippen LogP contribution in [-0.4, -0.2) is 38.9 Å². The number of benzene rings is 3. The van der Waals surface area contributed by atoms with Crippen LogP contribution in [0.4, 0.5) is 0 Å². The number of hydrogen-bond acceptors (Lipinski definition) is 7. The second kappa shape index (κ2) is 12.4. The quantitative estimate of drug-likeness (QED) is 0.282. The molecule has 3 N–H and O–H groups in total. The summed E-state index contributed by atoms with van der Waals surface area (Å²) in [6.07, 6.45) is 1.44. The summed E-state index contributed by atoms with van der Waals surface area (Å²) in [7, 11) is 2.97. The van der Waals surface area contributed by atoms with Gasteiger partial charge in [-0.3, -0.25) is 9.59 Å². The van der Waals surface area contributed by atoms with Gasteiger partial charge in [-0.25, -0.2) is 5.43 Å². The lowest BCUT2D eigenvalue weighted by atomic mass is 10.2. The molecule has 0 atom stereocenters. The van der Waals surface area contributed by atoms with E-state index in [1.54, 1.807) is 30.3 Å². The molecule has 3 aromatic carbocycles. The predicted molar refractivity (Wildman–Crippen MR) is 134 cm³/mol. The lowest BCUT2D eigenvalue weighted by Crippen LogP contribution is -2.20. The van der Waals surface area contributed by atoms with Crippen molar-refractivity contribution in [2.75, 3.05) is 20.8 Å². The third kappa shape index (κ3) is 7.21. The van der Waals surface area contributed by atoms with Crippen LogP contribution < -0.4 is 30.1 Å². The summed E-state index contributed by atoms with van der Waals surface area (Å²) < 4.78 is 22.4. The minimum Gasteiger partial charge on any atom is -0.493 e. The molecule has 0 aromatic heterocycles. The maximum Gasteiger partial charge on any atom is 0.271 e. The van der Waals surface area contributed by atoms with E-state index >= 15 is 0 Å². The average molecular weight is 542 g/mol. The van der Waals surface area contributed by atoms with E-state index in [0.29, 0.717) is 45.2 Å². The Labute approximate surface area is 211 Å². The van der Waals surface area contributed by atoms with Gasteiger partial charge in [0.2, 0.25) is 0 Å². The molecule has 3 rings (SSSR count). The van der Waals surface area contributed by atoms with Crippen molar-refractivity contribution in [3.63, 3.8) is 0 Å². The number of hydrazone groups is 1. The highest BCUT2D eigenvalue weighted by Gasteiger charge is 2.13. The molecule has 0 heterocycles. The Hall–Kier alpha value is -4.05. The van der Waals surface area contributed by atoms with Gasteiger partial charge in [-0.2, -0.15) is 5.10 Å². The van der Waals surface area contributed by atoms with Crippen molar-refractivity contribution in [1.82, 2.24) is 5.43 Å². The summed E-state index contributed by atoms with van der Waals surface area (Å²) >= 11 is 3.36. The van der Waals surface area contributed by atoms with E-state index in [2.05, 4.69) is 26.5 Å². The first-order chi connectivity index (χ1) is 16.9. The van der Waals surface area contributed by atoms with Gasteiger partial charge in [0.25, 0.3) is 11.8 Å². The number of carbonyl (C=O) groups is 2. The minimum absolute atomic E-state index is 0.294. The summed E-state index contributed by atoms with van der Waals surface area (Å²) in [5.41, 5.74) is 9.57. The van der Waals surface area contributed by atoms with Gasteiger partial charge in [0.15, 0.2) is 29.6 Å². The normalized spacial score (nSPS) is 10.6. The molecule has 0 unspecified atom stereocenters. The average Bonchev–Trinajstić information content (AvgIpc) is 2.86. The third-order valence-electron chi connectivity index (χ3n) is 4.65. The molecule has 182 valence electrons. The molecule has 10 heteroatoms. The number of nitrogens with two attached hydrogens (primary N) is 1. The van der Waals surface area contributed by atoms with Crippen LogP contribution in [0.15, 0.2) is 70.2 Å². The van der Waals surface area contributed by atoms with Gasteiger partial charge >= 0.3 is 0 Å². The van der Waals surface area contributed by atoms with Crippen LogP contribution in [0, 0.1) is 0 Å². The van der Waals surface area contributed by atoms with Crippen LogP contribution in [0.1, 0.15) is 21.5 Å². The van der Waals surface area contributed by atoms with Crippen molar-refractivity contribution in [3.05, 3.63) is 81.8 Å². The number of methoxy groups -OCH3 is 2. The number of ether oxygens (including phenoxy) is 4. The highest BCUT2D eigenvalue weighted by molar-refractivity contribution is 9.10. The standard InChI is InChI=1S/C25H24BrN3O6/c1-32-21-12-18(8-9-20(21)34-14-16-6-4-3-5-7-16)25(31)29-28-13-17-10-19(26)24(22(11-17)33-2)35-15-23(27)30/h3-13H,14-15H2,1-2H3,(H2,27,30)(H,29,31)/b28-13+. The summed E-state index contributed by atoms with van der Waals surface area (Å²) in [6.45, 7) is 0.0798. The molecule has 0 aliphatic heterocycles. The first-order valence-corrected chi connectivity index (χ1v) is 11.2. The number of nitrogens with zero attached hydrogens (tertiary/aromatic N) is 1. The Kier molecular flexibility index (Phi) is 9.08. The Morgan fingerprint density at radius 3 is 2.40 bits per heavy atom. The van der Waals surface area contributed by atoms with E-state index in [4.69, 9.17) is 24.7 Å². The Morgan fingerprint density at radius 2 is 1.71 bits per heavy atom. The van der Waals surface area contributed by atoms with Gasteiger partial charge < -0.3 is 24.7 Å². The first kappa shape index (κ1) is 25.6. The van der Waals surface area contributed by atoms with E-state index in [1.807, 2.05) is 30.3 Å². The summed E-state index contributed by atoms with van der Waals surface area (Å²) in [4.78, 5) is 23.6. The highest BCUT2D eigenvalue weighted by Crippen LogP contribution is 2.36. The van der Waals surface area contributed by atoms with E-state index in [1.165, 1.54) is 20.4 Å². The summed E-state index contributed by atoms with van der Waals surface area (Å²) in [5.74, 6) is 0.601. The van der Waals surface area contributed by atoms with Crippen LogP contribution in [-0.2, 0) is 11.4 Å². The molecule has 0 bridgehead atoms. The Bertz CT molecular complexity index is 1220. The number of primary amides is 1. The number of halogens is 1. The van der Waals surface area contributed by atoms with Gasteiger partial charge in [0.05, 0.1) is 24.9 Å². The Morgan fingerprint density at radius 1 is 0.971 bits per heavy atom. The summed E-state index contributed by atoms with van der Waals surface area (Å²) in [5, 5.41) is 4.00. The molecule has 0 spiro atoms. The summed E-state index contributed by atoms with van der Waals surface area (Å²) in [6, 6.07) is 17.9. The SMILES string of the molecule is COc1cc(C(=O)N/N=C/c2cc(Br)c(OCC(N)=O)c(OC)c2)ccc1OCc1ccccc1. The predicted octanol–water partition coefficient (Wildman–Crippen LogP) is 3.67. The van der Waals surface area contributed by atoms with Crippen molar-refractivity contribution in [2.24, 2.45) is 10.8 Å². The zero-order valence-electron chi connectivity index (χ0n) is 19.1. The second-order valence-electron chi connectivity index (χ2n) is 7.13. The number of nitrogens with one attached hydrogen (secondary N) is 1. The molecule has 9 nitrogen and oxygen atoms in total. The molecule has 2 amide bonds. The largest absolute Gasteiger partial charge is 0.493 e. The first-order valence-electron chi connectivity index (χ1n) is 10.4. The number of rotatable bonds is 11. The molecule has 0 saturated carbocycles. The van der Waals surface area contributed by atoms with Gasteiger partial charge in [0.1, 0.15) is 6.61 Å². The van der Waals surface area contributed by atoms with Crippen molar-refractivity contribution in [2.45, 2.75) is 6.61 Å². The number of hydrogen-bond donors (Lipinski definition) is 2. The fourth-order valence-corrected chi connectivity index (χ4v) is 3.57. The molecule has 0 aliphatic carbocycles. The zero-order chi connectivity index (χ0) is 25.2. The van der Waals surface area contributed by atoms with Crippen LogP contribution in [0.5, 0.6) is 23.0 Å². The van der Waals surface area contributed by atoms with Crippen LogP contribution >= 0.6 is 15.9 Å². The zero-order valence-corrected chi connectivity index (χ0v) is 20.7. The van der Waals surface area contributed by atoms with Gasteiger partial charge in [-0.15, -0.1) is 0 Å². The third-order valence-corrected chi connectivity index (χ3v) is 5.24. The highest BCUT2D eigenvalue weighted by atomic mass is 79.9. The number of carbonyl (C=O) groups excluding carboxylic acids is 2. The monoisotopic (exact) mass is 541 g/mol. The molecule has 35 heavy (non-hydrogen) atoms. The van der Waals surface area contributed by atoms with Crippen molar-refractivity contribution >= 4 is 34.0 Å². The van der Waals surface area contributed by atoms with E-state index in [9.17, 15) is 9.59 Å².